The van der Waals surface area contributed by atoms with Crippen molar-refractivity contribution in [3.05, 3.63) is 35.9 Å². The Labute approximate surface area is 156 Å². The Morgan fingerprint density at radius 3 is 2.54 bits per heavy atom. The minimum Gasteiger partial charge on any atom is -0.445 e. The molecule has 0 radical (unpaired) electrons. The molecule has 6 heteroatoms. The molecule has 0 aromatic heterocycles. The van der Waals surface area contributed by atoms with Gasteiger partial charge in [0, 0.05) is 7.05 Å². The summed E-state index contributed by atoms with van der Waals surface area (Å²) < 4.78 is 5.33. The highest BCUT2D eigenvalue weighted by Gasteiger charge is 2.34. The van der Waals surface area contributed by atoms with E-state index < -0.39 is 12.1 Å². The maximum Gasteiger partial charge on any atom is 0.407 e. The number of carbonyl (C=O) groups is 2. The molecule has 1 aliphatic carbocycles. The minimum atomic E-state index is -0.521. The van der Waals surface area contributed by atoms with Gasteiger partial charge < -0.3 is 20.7 Å². The van der Waals surface area contributed by atoms with Gasteiger partial charge in [0.05, 0.1) is 18.1 Å². The van der Waals surface area contributed by atoms with Crippen LogP contribution in [0.1, 0.15) is 45.1 Å². The van der Waals surface area contributed by atoms with Crippen molar-refractivity contribution in [2.75, 3.05) is 7.05 Å². The van der Waals surface area contributed by atoms with Gasteiger partial charge in [0.1, 0.15) is 6.61 Å². The zero-order valence-corrected chi connectivity index (χ0v) is 16.0. The van der Waals surface area contributed by atoms with Crippen LogP contribution in [0.4, 0.5) is 4.79 Å². The third-order valence-corrected chi connectivity index (χ3v) is 5.09. The van der Waals surface area contributed by atoms with Crippen molar-refractivity contribution in [3.63, 3.8) is 0 Å². The van der Waals surface area contributed by atoms with Crippen molar-refractivity contribution in [1.82, 2.24) is 10.2 Å². The summed E-state index contributed by atoms with van der Waals surface area (Å²) in [6.45, 7) is 4.11. The van der Waals surface area contributed by atoms with Gasteiger partial charge in [-0.25, -0.2) is 4.79 Å². The van der Waals surface area contributed by atoms with Crippen molar-refractivity contribution in [2.45, 2.75) is 64.3 Å². The monoisotopic (exact) mass is 361 g/mol. The Kier molecular flexibility index (Phi) is 7.45. The number of amides is 2. The van der Waals surface area contributed by atoms with Gasteiger partial charge in [-0.15, -0.1) is 0 Å². The highest BCUT2D eigenvalue weighted by atomic mass is 16.5. The molecule has 0 bridgehead atoms. The van der Waals surface area contributed by atoms with Crippen LogP contribution in [-0.2, 0) is 16.1 Å². The first-order valence-corrected chi connectivity index (χ1v) is 9.39. The molecule has 1 aromatic carbocycles. The lowest BCUT2D eigenvalue weighted by Crippen LogP contribution is -2.57. The van der Waals surface area contributed by atoms with E-state index in [1.165, 1.54) is 0 Å². The second-order valence-corrected chi connectivity index (χ2v) is 7.38. The van der Waals surface area contributed by atoms with Crippen LogP contribution >= 0.6 is 0 Å². The molecule has 1 aromatic rings. The maximum atomic E-state index is 12.6. The average molecular weight is 361 g/mol. The summed E-state index contributed by atoms with van der Waals surface area (Å²) in [4.78, 5) is 26.5. The number of ether oxygens (including phenoxy) is 1. The minimum absolute atomic E-state index is 0.0506. The van der Waals surface area contributed by atoms with Crippen LogP contribution in [0.2, 0.25) is 0 Å². The van der Waals surface area contributed by atoms with Crippen LogP contribution in [0.5, 0.6) is 0 Å². The molecule has 1 fully saturated rings. The number of hydrogen-bond acceptors (Lipinski definition) is 4. The van der Waals surface area contributed by atoms with Crippen molar-refractivity contribution < 1.29 is 14.3 Å². The van der Waals surface area contributed by atoms with E-state index >= 15 is 0 Å². The molecule has 0 spiro atoms. The summed E-state index contributed by atoms with van der Waals surface area (Å²) >= 11 is 0. The van der Waals surface area contributed by atoms with E-state index in [9.17, 15) is 9.59 Å². The van der Waals surface area contributed by atoms with Crippen LogP contribution < -0.4 is 11.1 Å². The Balaban J connectivity index is 1.92. The van der Waals surface area contributed by atoms with Gasteiger partial charge in [-0.2, -0.15) is 0 Å². The Morgan fingerprint density at radius 2 is 1.88 bits per heavy atom. The first-order valence-electron chi connectivity index (χ1n) is 9.39. The molecule has 0 aliphatic heterocycles. The van der Waals surface area contributed by atoms with E-state index in [0.717, 1.165) is 31.2 Å². The second-order valence-electron chi connectivity index (χ2n) is 7.38. The summed E-state index contributed by atoms with van der Waals surface area (Å²) in [6, 6.07) is 8.88. The lowest BCUT2D eigenvalue weighted by atomic mass is 9.88. The smallest absolute Gasteiger partial charge is 0.407 e. The molecule has 3 N–H and O–H groups in total. The van der Waals surface area contributed by atoms with E-state index in [4.69, 9.17) is 10.5 Å². The predicted molar refractivity (Wildman–Crippen MR) is 101 cm³/mol. The molecule has 6 nitrogen and oxygen atoms in total. The standard InChI is InChI=1S/C20H31N3O3/c1-14(2)18(21)19(24)23(3)17-12-8-7-11-16(17)22-20(25)26-13-15-9-5-4-6-10-15/h4-6,9-10,14,16-18H,7-8,11-13,21H2,1-3H3,(H,22,25)/t16-,17+,18-/m0/s1. The fourth-order valence-electron chi connectivity index (χ4n) is 3.34. The van der Waals surface area contributed by atoms with E-state index in [1.54, 1.807) is 11.9 Å². The largest absolute Gasteiger partial charge is 0.445 e. The normalized spacial score (nSPS) is 21.1. The number of likely N-dealkylation sites (N-methyl/N-ethyl adjacent to an activating group) is 1. The first kappa shape index (κ1) is 20.2. The lowest BCUT2D eigenvalue weighted by molar-refractivity contribution is -0.135. The summed E-state index contributed by atoms with van der Waals surface area (Å²) in [5.41, 5.74) is 6.97. The Hall–Kier alpha value is -2.08. The third kappa shape index (κ3) is 5.46. The summed E-state index contributed by atoms with van der Waals surface area (Å²) in [5, 5.41) is 2.95. The van der Waals surface area contributed by atoms with E-state index in [2.05, 4.69) is 5.32 Å². The molecule has 1 aliphatic rings. The summed E-state index contributed by atoms with van der Waals surface area (Å²) in [5.74, 6) is 0.00661. The molecule has 0 heterocycles. The van der Waals surface area contributed by atoms with Gasteiger partial charge in [0.2, 0.25) is 5.91 Å². The molecule has 1 saturated carbocycles. The third-order valence-electron chi connectivity index (χ3n) is 5.09. The van der Waals surface area contributed by atoms with Crippen LogP contribution in [-0.4, -0.2) is 42.1 Å². The second kappa shape index (κ2) is 9.57. The van der Waals surface area contributed by atoms with Crippen molar-refractivity contribution in [3.8, 4) is 0 Å². The number of rotatable bonds is 6. The summed E-state index contributed by atoms with van der Waals surface area (Å²) in [7, 11) is 1.78. The van der Waals surface area contributed by atoms with Gasteiger partial charge in [0.25, 0.3) is 0 Å². The lowest BCUT2D eigenvalue weighted by Gasteiger charge is -2.39. The number of benzene rings is 1. The number of carbonyl (C=O) groups excluding carboxylic acids is 2. The van der Waals surface area contributed by atoms with Crippen LogP contribution in [0.3, 0.4) is 0 Å². The molecule has 26 heavy (non-hydrogen) atoms. The number of nitrogens with one attached hydrogen (secondary N) is 1. The Bertz CT molecular complexity index is 591. The van der Waals surface area contributed by atoms with Crippen molar-refractivity contribution >= 4 is 12.0 Å². The zero-order valence-electron chi connectivity index (χ0n) is 16.0. The highest BCUT2D eigenvalue weighted by Crippen LogP contribution is 2.23. The molecule has 3 atom stereocenters. The van der Waals surface area contributed by atoms with Gasteiger partial charge in [-0.3, -0.25) is 4.79 Å². The van der Waals surface area contributed by atoms with Crippen LogP contribution in [0.25, 0.3) is 0 Å². The van der Waals surface area contributed by atoms with Crippen molar-refractivity contribution in [2.24, 2.45) is 11.7 Å². The Morgan fingerprint density at radius 1 is 1.23 bits per heavy atom. The van der Waals surface area contributed by atoms with Gasteiger partial charge in [0.15, 0.2) is 0 Å². The molecule has 0 saturated heterocycles. The van der Waals surface area contributed by atoms with Crippen LogP contribution in [0, 0.1) is 5.92 Å². The topological polar surface area (TPSA) is 84.7 Å². The van der Waals surface area contributed by atoms with Gasteiger partial charge in [-0.1, -0.05) is 57.0 Å². The highest BCUT2D eigenvalue weighted by molar-refractivity contribution is 5.82. The van der Waals surface area contributed by atoms with E-state index in [-0.39, 0.29) is 30.5 Å². The average Bonchev–Trinajstić information content (AvgIpc) is 2.65. The SMILES string of the molecule is CC(C)[C@H](N)C(=O)N(C)[C@@H]1CCCC[C@@H]1NC(=O)OCc1ccccc1. The predicted octanol–water partition coefficient (Wildman–Crippen LogP) is 2.67. The first-order chi connectivity index (χ1) is 12.4. The zero-order chi connectivity index (χ0) is 19.1. The van der Waals surface area contributed by atoms with Gasteiger partial charge in [-0.05, 0) is 24.3 Å². The molecule has 2 rings (SSSR count). The molecule has 144 valence electrons. The molecular formula is C20H31N3O3. The van der Waals surface area contributed by atoms with Crippen molar-refractivity contribution in [1.29, 1.82) is 0 Å². The summed E-state index contributed by atoms with van der Waals surface area (Å²) in [6.07, 6.45) is 3.31. The molecular weight excluding hydrogens is 330 g/mol. The number of alkyl carbamates (subject to hydrolysis) is 1. The number of hydrogen-bond donors (Lipinski definition) is 2. The fourth-order valence-corrected chi connectivity index (χ4v) is 3.34. The molecule has 2 amide bonds. The van der Waals surface area contributed by atoms with E-state index in [0.29, 0.717) is 0 Å². The van der Waals surface area contributed by atoms with E-state index in [1.807, 2.05) is 44.2 Å². The fraction of sp³-hybridized carbons (Fsp3) is 0.600. The van der Waals surface area contributed by atoms with Gasteiger partial charge >= 0.3 is 6.09 Å². The molecule has 0 unspecified atom stereocenters. The maximum absolute atomic E-state index is 12.6. The van der Waals surface area contributed by atoms with Crippen LogP contribution in [0.15, 0.2) is 30.3 Å². The quantitative estimate of drug-likeness (QED) is 0.816. The number of nitrogens with zero attached hydrogens (tertiary/aromatic N) is 1. The number of nitrogens with two attached hydrogens (primary N) is 1.